The third-order valence-electron chi connectivity index (χ3n) is 3.72. The molecule has 0 bridgehead atoms. The Bertz CT molecular complexity index is 343. The summed E-state index contributed by atoms with van der Waals surface area (Å²) in [7, 11) is 1.74. The molecule has 1 atom stereocenters. The van der Waals surface area contributed by atoms with E-state index in [1.165, 1.54) is 0 Å². The van der Waals surface area contributed by atoms with Crippen molar-refractivity contribution in [2.24, 2.45) is 11.8 Å². The largest absolute Gasteiger partial charge is 0.449 e. The summed E-state index contributed by atoms with van der Waals surface area (Å²) in [5.74, 6) is 6.53. The van der Waals surface area contributed by atoms with Crippen molar-refractivity contribution in [2.45, 2.75) is 71.5 Å². The van der Waals surface area contributed by atoms with Gasteiger partial charge in [0, 0.05) is 13.5 Å². The normalized spacial score (nSPS) is 23.9. The highest BCUT2D eigenvalue weighted by Gasteiger charge is 2.28. The van der Waals surface area contributed by atoms with Gasteiger partial charge in [-0.1, -0.05) is 32.6 Å². The van der Waals surface area contributed by atoms with Crippen LogP contribution in [0.15, 0.2) is 0 Å². The second-order valence-electron chi connectivity index (χ2n) is 5.94. The van der Waals surface area contributed by atoms with Gasteiger partial charge in [-0.05, 0) is 38.0 Å². The fourth-order valence-electron chi connectivity index (χ4n) is 2.55. The smallest absolute Gasteiger partial charge is 0.310 e. The van der Waals surface area contributed by atoms with Crippen LogP contribution in [0.5, 0.6) is 0 Å². The van der Waals surface area contributed by atoms with Gasteiger partial charge >= 0.3 is 5.97 Å². The van der Waals surface area contributed by atoms with Crippen LogP contribution in [0.4, 0.5) is 0 Å². The molecule has 1 saturated carbocycles. The Morgan fingerprint density at radius 1 is 1.25 bits per heavy atom. The lowest BCUT2D eigenvalue weighted by molar-refractivity contribution is -0.154. The summed E-state index contributed by atoms with van der Waals surface area (Å²) in [6, 6.07) is 0. The molecule has 3 heteroatoms. The van der Waals surface area contributed by atoms with Crippen molar-refractivity contribution in [2.75, 3.05) is 7.11 Å². The first-order valence-corrected chi connectivity index (χ1v) is 7.78. The summed E-state index contributed by atoms with van der Waals surface area (Å²) in [5, 5.41) is 0. The number of hydrogen-bond donors (Lipinski definition) is 0. The van der Waals surface area contributed by atoms with E-state index in [1.54, 1.807) is 7.11 Å². The van der Waals surface area contributed by atoms with Crippen molar-refractivity contribution >= 4 is 5.97 Å². The summed E-state index contributed by atoms with van der Waals surface area (Å²) in [6.07, 6.45) is 5.31. The second-order valence-corrected chi connectivity index (χ2v) is 5.94. The Balaban J connectivity index is 2.49. The second kappa shape index (κ2) is 9.02. The topological polar surface area (TPSA) is 35.5 Å². The van der Waals surface area contributed by atoms with E-state index in [4.69, 9.17) is 9.47 Å². The zero-order valence-corrected chi connectivity index (χ0v) is 13.3. The van der Waals surface area contributed by atoms with E-state index in [0.717, 1.165) is 38.5 Å². The predicted molar refractivity (Wildman–Crippen MR) is 80.2 cm³/mol. The Kier molecular flexibility index (Phi) is 7.69. The third-order valence-corrected chi connectivity index (χ3v) is 3.72. The first-order chi connectivity index (χ1) is 9.56. The molecule has 1 fully saturated rings. The SMILES string of the molecule is CCC#CC(CC(C)C)OC(=O)C1CCC(OC)CC1. The molecule has 0 aliphatic heterocycles. The Morgan fingerprint density at radius 3 is 2.40 bits per heavy atom. The zero-order valence-electron chi connectivity index (χ0n) is 13.3. The summed E-state index contributed by atoms with van der Waals surface area (Å²) < 4.78 is 10.9. The van der Waals surface area contributed by atoms with Crippen LogP contribution < -0.4 is 0 Å². The van der Waals surface area contributed by atoms with Gasteiger partial charge in [-0.2, -0.15) is 0 Å². The predicted octanol–water partition coefficient (Wildman–Crippen LogP) is 3.56. The van der Waals surface area contributed by atoms with Crippen molar-refractivity contribution in [1.29, 1.82) is 0 Å². The van der Waals surface area contributed by atoms with Gasteiger partial charge < -0.3 is 9.47 Å². The van der Waals surface area contributed by atoms with Crippen LogP contribution >= 0.6 is 0 Å². The Labute approximate surface area is 123 Å². The molecule has 3 nitrogen and oxygen atoms in total. The van der Waals surface area contributed by atoms with E-state index in [9.17, 15) is 4.79 Å². The molecule has 1 rings (SSSR count). The van der Waals surface area contributed by atoms with E-state index in [2.05, 4.69) is 25.7 Å². The number of rotatable bonds is 5. The van der Waals surface area contributed by atoms with E-state index < -0.39 is 0 Å². The first kappa shape index (κ1) is 17.0. The molecule has 0 aromatic rings. The fraction of sp³-hybridized carbons (Fsp3) is 0.824. The molecule has 0 aromatic heterocycles. The highest BCUT2D eigenvalue weighted by atomic mass is 16.5. The molecular weight excluding hydrogens is 252 g/mol. The molecule has 1 unspecified atom stereocenters. The molecular formula is C17H28O3. The third kappa shape index (κ3) is 5.96. The number of ether oxygens (including phenoxy) is 2. The van der Waals surface area contributed by atoms with E-state index in [-0.39, 0.29) is 18.0 Å². The van der Waals surface area contributed by atoms with Crippen LogP contribution in [0.1, 0.15) is 59.3 Å². The summed E-state index contributed by atoms with van der Waals surface area (Å²) >= 11 is 0. The molecule has 0 N–H and O–H groups in total. The molecule has 0 saturated heterocycles. The number of carbonyl (C=O) groups is 1. The summed E-state index contributed by atoms with van der Waals surface area (Å²) in [5.41, 5.74) is 0. The quantitative estimate of drug-likeness (QED) is 0.570. The lowest BCUT2D eigenvalue weighted by Gasteiger charge is -2.27. The minimum Gasteiger partial charge on any atom is -0.449 e. The van der Waals surface area contributed by atoms with Crippen LogP contribution in [0.25, 0.3) is 0 Å². The molecule has 1 aliphatic carbocycles. The van der Waals surface area contributed by atoms with Gasteiger partial charge in [-0.15, -0.1) is 0 Å². The lowest BCUT2D eigenvalue weighted by atomic mass is 9.87. The number of methoxy groups -OCH3 is 1. The van der Waals surface area contributed by atoms with E-state index in [0.29, 0.717) is 12.0 Å². The first-order valence-electron chi connectivity index (χ1n) is 7.78. The van der Waals surface area contributed by atoms with Gasteiger partial charge in [0.25, 0.3) is 0 Å². The van der Waals surface area contributed by atoms with Crippen LogP contribution in [0.2, 0.25) is 0 Å². The van der Waals surface area contributed by atoms with Crippen molar-refractivity contribution < 1.29 is 14.3 Å². The summed E-state index contributed by atoms with van der Waals surface area (Å²) in [4.78, 5) is 12.2. The average molecular weight is 280 g/mol. The van der Waals surface area contributed by atoms with E-state index >= 15 is 0 Å². The van der Waals surface area contributed by atoms with Crippen LogP contribution in [0.3, 0.4) is 0 Å². The minimum atomic E-state index is -0.248. The van der Waals surface area contributed by atoms with Crippen molar-refractivity contribution in [3.05, 3.63) is 0 Å². The van der Waals surface area contributed by atoms with E-state index in [1.807, 2.05) is 6.92 Å². The molecule has 1 aliphatic rings. The van der Waals surface area contributed by atoms with Gasteiger partial charge in [-0.3, -0.25) is 4.79 Å². The summed E-state index contributed by atoms with van der Waals surface area (Å²) in [6.45, 7) is 6.25. The molecule has 0 heterocycles. The number of esters is 1. The van der Waals surface area contributed by atoms with Crippen molar-refractivity contribution in [3.8, 4) is 11.8 Å². The van der Waals surface area contributed by atoms with Gasteiger partial charge in [0.1, 0.15) is 0 Å². The maximum atomic E-state index is 12.2. The highest BCUT2D eigenvalue weighted by molar-refractivity contribution is 5.73. The van der Waals surface area contributed by atoms with Gasteiger partial charge in [0.2, 0.25) is 0 Å². The average Bonchev–Trinajstić information content (AvgIpc) is 2.44. The lowest BCUT2D eigenvalue weighted by Crippen LogP contribution is -2.29. The van der Waals surface area contributed by atoms with Crippen LogP contribution in [0, 0.1) is 23.7 Å². The van der Waals surface area contributed by atoms with Gasteiger partial charge in [0.05, 0.1) is 12.0 Å². The Hall–Kier alpha value is -1.01. The molecule has 0 amide bonds. The van der Waals surface area contributed by atoms with Crippen LogP contribution in [-0.4, -0.2) is 25.3 Å². The molecule has 20 heavy (non-hydrogen) atoms. The van der Waals surface area contributed by atoms with Gasteiger partial charge in [0.15, 0.2) is 6.10 Å². The minimum absolute atomic E-state index is 0.0273. The maximum absolute atomic E-state index is 12.2. The molecule has 0 aromatic carbocycles. The molecule has 0 spiro atoms. The highest BCUT2D eigenvalue weighted by Crippen LogP contribution is 2.27. The Morgan fingerprint density at radius 2 is 1.90 bits per heavy atom. The maximum Gasteiger partial charge on any atom is 0.310 e. The van der Waals surface area contributed by atoms with Crippen molar-refractivity contribution in [3.63, 3.8) is 0 Å². The number of hydrogen-bond acceptors (Lipinski definition) is 3. The standard InChI is InChI=1S/C17H28O3/c1-5-6-7-16(12-13(2)3)20-17(18)14-8-10-15(19-4)11-9-14/h13-16H,5,8-12H2,1-4H3. The zero-order chi connectivity index (χ0) is 15.0. The van der Waals surface area contributed by atoms with Crippen molar-refractivity contribution in [1.82, 2.24) is 0 Å². The van der Waals surface area contributed by atoms with Gasteiger partial charge in [-0.25, -0.2) is 0 Å². The molecule has 114 valence electrons. The fourth-order valence-corrected chi connectivity index (χ4v) is 2.55. The number of carbonyl (C=O) groups excluding carboxylic acids is 1. The monoisotopic (exact) mass is 280 g/mol. The van der Waals surface area contributed by atoms with Crippen LogP contribution in [-0.2, 0) is 14.3 Å². The molecule has 0 radical (unpaired) electrons.